The van der Waals surface area contributed by atoms with E-state index in [-0.39, 0.29) is 0 Å². The van der Waals surface area contributed by atoms with Crippen molar-refractivity contribution in [3.8, 4) is 0 Å². The quantitative estimate of drug-likeness (QED) is 0.542. The van der Waals surface area contributed by atoms with Gasteiger partial charge in [0.05, 0.1) is 0 Å². The van der Waals surface area contributed by atoms with Gasteiger partial charge >= 0.3 is 0 Å². The van der Waals surface area contributed by atoms with Crippen LogP contribution in [0.1, 0.15) is 26.7 Å². The standard InChI is InChI=1S/C7H15N/c1-7(2)5-4-6(7)8-3/h6,8H,4-5H2,1-3H3/t6-/m1/s1. The summed E-state index contributed by atoms with van der Waals surface area (Å²) in [6.45, 7) is 4.63. The van der Waals surface area contributed by atoms with Gasteiger partial charge in [0.15, 0.2) is 0 Å². The molecule has 8 heavy (non-hydrogen) atoms. The normalized spacial score (nSPS) is 34.1. The highest BCUT2D eigenvalue weighted by atomic mass is 14.9. The molecule has 0 aromatic heterocycles. The van der Waals surface area contributed by atoms with Gasteiger partial charge in [0.25, 0.3) is 0 Å². The largest absolute Gasteiger partial charge is 0.316 e. The summed E-state index contributed by atoms with van der Waals surface area (Å²) >= 11 is 0. The second-order valence-corrected chi connectivity index (χ2v) is 3.37. The van der Waals surface area contributed by atoms with Crippen molar-refractivity contribution in [2.75, 3.05) is 7.05 Å². The van der Waals surface area contributed by atoms with Crippen LogP contribution in [0, 0.1) is 5.41 Å². The molecule has 0 heterocycles. The summed E-state index contributed by atoms with van der Waals surface area (Å²) in [4.78, 5) is 0. The molecule has 0 amide bonds. The van der Waals surface area contributed by atoms with E-state index in [1.165, 1.54) is 12.8 Å². The van der Waals surface area contributed by atoms with E-state index < -0.39 is 0 Å². The van der Waals surface area contributed by atoms with Crippen LogP contribution in [-0.4, -0.2) is 13.1 Å². The van der Waals surface area contributed by atoms with Crippen LogP contribution < -0.4 is 5.32 Å². The molecule has 0 unspecified atom stereocenters. The van der Waals surface area contributed by atoms with Gasteiger partial charge in [-0.05, 0) is 25.3 Å². The van der Waals surface area contributed by atoms with Crippen LogP contribution in [0.3, 0.4) is 0 Å². The Kier molecular flexibility index (Phi) is 1.31. The van der Waals surface area contributed by atoms with E-state index in [1.54, 1.807) is 0 Å². The predicted octanol–water partition coefficient (Wildman–Crippen LogP) is 1.39. The molecule has 0 saturated heterocycles. The minimum Gasteiger partial charge on any atom is -0.316 e. The molecular weight excluding hydrogens is 98.1 g/mol. The van der Waals surface area contributed by atoms with Gasteiger partial charge in [-0.3, -0.25) is 0 Å². The topological polar surface area (TPSA) is 12.0 Å². The molecule has 1 N–H and O–H groups in total. The number of hydrogen-bond donors (Lipinski definition) is 1. The lowest BCUT2D eigenvalue weighted by atomic mass is 9.67. The third-order valence-corrected chi connectivity index (χ3v) is 2.37. The summed E-state index contributed by atoms with van der Waals surface area (Å²) in [5, 5.41) is 3.29. The van der Waals surface area contributed by atoms with Crippen LogP contribution in [-0.2, 0) is 0 Å². The fraction of sp³-hybridized carbons (Fsp3) is 1.00. The van der Waals surface area contributed by atoms with Gasteiger partial charge in [0.2, 0.25) is 0 Å². The molecule has 1 aliphatic carbocycles. The second kappa shape index (κ2) is 1.73. The smallest absolute Gasteiger partial charge is 0.0115 e. The van der Waals surface area contributed by atoms with Gasteiger partial charge in [-0.25, -0.2) is 0 Å². The van der Waals surface area contributed by atoms with Crippen molar-refractivity contribution in [3.05, 3.63) is 0 Å². The average Bonchev–Trinajstić information content (AvgIpc) is 1.66. The van der Waals surface area contributed by atoms with Crippen molar-refractivity contribution in [3.63, 3.8) is 0 Å². The molecule has 1 fully saturated rings. The highest BCUT2D eigenvalue weighted by molar-refractivity contribution is 4.92. The summed E-state index contributed by atoms with van der Waals surface area (Å²) in [6, 6.07) is 0.780. The minimum atomic E-state index is 0.578. The monoisotopic (exact) mass is 113 g/mol. The van der Waals surface area contributed by atoms with Crippen LogP contribution >= 0.6 is 0 Å². The molecule has 1 heteroatoms. The van der Waals surface area contributed by atoms with Gasteiger partial charge in [-0.15, -0.1) is 0 Å². The Hall–Kier alpha value is -0.0400. The molecule has 0 aromatic rings. The highest BCUT2D eigenvalue weighted by Crippen LogP contribution is 2.39. The van der Waals surface area contributed by atoms with Crippen molar-refractivity contribution in [1.82, 2.24) is 5.32 Å². The number of nitrogens with one attached hydrogen (secondary N) is 1. The minimum absolute atomic E-state index is 0.578. The Bertz CT molecular complexity index is 84.4. The summed E-state index contributed by atoms with van der Waals surface area (Å²) in [5.41, 5.74) is 0.578. The van der Waals surface area contributed by atoms with E-state index in [4.69, 9.17) is 0 Å². The van der Waals surface area contributed by atoms with Crippen LogP contribution in [0.15, 0.2) is 0 Å². The maximum Gasteiger partial charge on any atom is 0.0115 e. The Balaban J connectivity index is 2.37. The summed E-state index contributed by atoms with van der Waals surface area (Å²) in [5.74, 6) is 0. The summed E-state index contributed by atoms with van der Waals surface area (Å²) < 4.78 is 0. The second-order valence-electron chi connectivity index (χ2n) is 3.37. The molecule has 1 nitrogen and oxygen atoms in total. The van der Waals surface area contributed by atoms with Gasteiger partial charge in [-0.2, -0.15) is 0 Å². The van der Waals surface area contributed by atoms with Gasteiger partial charge in [-0.1, -0.05) is 13.8 Å². The van der Waals surface area contributed by atoms with E-state index in [2.05, 4.69) is 19.2 Å². The van der Waals surface area contributed by atoms with Crippen LogP contribution in [0.25, 0.3) is 0 Å². The third kappa shape index (κ3) is 0.752. The Labute approximate surface area is 51.5 Å². The maximum atomic E-state index is 3.29. The fourth-order valence-electron chi connectivity index (χ4n) is 1.40. The SMILES string of the molecule is CN[C@@H]1CCC1(C)C. The molecule has 48 valence electrons. The summed E-state index contributed by atoms with van der Waals surface area (Å²) in [7, 11) is 2.05. The van der Waals surface area contributed by atoms with E-state index in [0.717, 1.165) is 6.04 Å². The van der Waals surface area contributed by atoms with E-state index >= 15 is 0 Å². The fourth-order valence-corrected chi connectivity index (χ4v) is 1.40. The van der Waals surface area contributed by atoms with E-state index in [0.29, 0.717) is 5.41 Å². The third-order valence-electron chi connectivity index (χ3n) is 2.37. The van der Waals surface area contributed by atoms with Crippen molar-refractivity contribution >= 4 is 0 Å². The van der Waals surface area contributed by atoms with Crippen molar-refractivity contribution in [2.45, 2.75) is 32.7 Å². The molecule has 0 aliphatic heterocycles. The molecule has 1 saturated carbocycles. The molecule has 0 spiro atoms. The first-order valence-corrected chi connectivity index (χ1v) is 3.34. The lowest BCUT2D eigenvalue weighted by Gasteiger charge is -2.44. The molecule has 0 radical (unpaired) electrons. The molecule has 0 aromatic carbocycles. The molecule has 1 aliphatic rings. The molecular formula is C7H15N. The predicted molar refractivity (Wildman–Crippen MR) is 35.9 cm³/mol. The van der Waals surface area contributed by atoms with E-state index in [9.17, 15) is 0 Å². The first-order chi connectivity index (χ1) is 3.67. The summed E-state index contributed by atoms with van der Waals surface area (Å²) in [6.07, 6.45) is 2.75. The maximum absolute atomic E-state index is 3.29. The zero-order valence-corrected chi connectivity index (χ0v) is 5.99. The molecule has 0 bridgehead atoms. The first kappa shape index (κ1) is 6.09. The van der Waals surface area contributed by atoms with Crippen molar-refractivity contribution in [2.24, 2.45) is 5.41 Å². The lowest BCUT2D eigenvalue weighted by Crippen LogP contribution is -2.48. The zero-order valence-electron chi connectivity index (χ0n) is 5.99. The lowest BCUT2D eigenvalue weighted by molar-refractivity contribution is 0.117. The van der Waals surface area contributed by atoms with Crippen LogP contribution in [0.4, 0.5) is 0 Å². The van der Waals surface area contributed by atoms with E-state index in [1.807, 2.05) is 7.05 Å². The molecule has 1 rings (SSSR count). The van der Waals surface area contributed by atoms with Gasteiger partial charge in [0.1, 0.15) is 0 Å². The van der Waals surface area contributed by atoms with Crippen molar-refractivity contribution in [1.29, 1.82) is 0 Å². The van der Waals surface area contributed by atoms with Crippen LogP contribution in [0.5, 0.6) is 0 Å². The Morgan fingerprint density at radius 2 is 2.12 bits per heavy atom. The number of hydrogen-bond acceptors (Lipinski definition) is 1. The molecule has 1 atom stereocenters. The Morgan fingerprint density at radius 1 is 1.50 bits per heavy atom. The highest BCUT2D eigenvalue weighted by Gasteiger charge is 2.36. The Morgan fingerprint density at radius 3 is 2.12 bits per heavy atom. The van der Waals surface area contributed by atoms with Gasteiger partial charge in [0, 0.05) is 6.04 Å². The van der Waals surface area contributed by atoms with Gasteiger partial charge < -0.3 is 5.32 Å². The van der Waals surface area contributed by atoms with Crippen molar-refractivity contribution < 1.29 is 0 Å². The van der Waals surface area contributed by atoms with Crippen LogP contribution in [0.2, 0.25) is 0 Å². The number of rotatable bonds is 1. The average molecular weight is 113 g/mol. The first-order valence-electron chi connectivity index (χ1n) is 3.34. The zero-order chi connectivity index (χ0) is 6.20.